The van der Waals surface area contributed by atoms with Crippen LogP contribution in [0.5, 0.6) is 0 Å². The molecule has 0 atom stereocenters. The van der Waals surface area contributed by atoms with E-state index in [1.54, 1.807) is 6.92 Å². The summed E-state index contributed by atoms with van der Waals surface area (Å²) >= 11 is 0. The summed E-state index contributed by atoms with van der Waals surface area (Å²) in [5.41, 5.74) is 8.29. The van der Waals surface area contributed by atoms with E-state index in [9.17, 15) is 8.42 Å². The minimum atomic E-state index is -2.99. The first-order chi connectivity index (χ1) is 8.04. The fraction of sp³-hybridized carbons (Fsp3) is 0.333. The van der Waals surface area contributed by atoms with Crippen molar-refractivity contribution in [3.05, 3.63) is 35.5 Å². The number of nitrogens with two attached hydrogens (primary N) is 1. The standard InChI is InChI=1S/C12H16N2O2S/c1-2-17(15,16)8-11-6-10-5-9(7-13)3-4-12(10)14-11/h3-6,14H,2,7-8,13H2,1H3. The molecule has 1 aromatic heterocycles. The van der Waals surface area contributed by atoms with E-state index in [1.807, 2.05) is 24.3 Å². The van der Waals surface area contributed by atoms with E-state index in [2.05, 4.69) is 4.98 Å². The molecule has 92 valence electrons. The summed E-state index contributed by atoms with van der Waals surface area (Å²) in [6.07, 6.45) is 0. The molecule has 2 rings (SSSR count). The Morgan fingerprint density at radius 3 is 2.71 bits per heavy atom. The molecule has 0 aliphatic heterocycles. The van der Waals surface area contributed by atoms with Crippen LogP contribution in [0.15, 0.2) is 24.3 Å². The summed E-state index contributed by atoms with van der Waals surface area (Å²) < 4.78 is 23.1. The lowest BCUT2D eigenvalue weighted by molar-refractivity contribution is 0.596. The van der Waals surface area contributed by atoms with Crippen LogP contribution in [0, 0.1) is 0 Å². The molecule has 4 nitrogen and oxygen atoms in total. The average molecular weight is 252 g/mol. The molecule has 0 aliphatic rings. The molecule has 0 aliphatic carbocycles. The summed E-state index contributed by atoms with van der Waals surface area (Å²) in [4.78, 5) is 3.12. The van der Waals surface area contributed by atoms with Crippen LogP contribution in [-0.2, 0) is 22.1 Å². The third-order valence-electron chi connectivity index (χ3n) is 2.79. The second kappa shape index (κ2) is 4.50. The van der Waals surface area contributed by atoms with E-state index in [0.717, 1.165) is 22.2 Å². The zero-order chi connectivity index (χ0) is 12.5. The van der Waals surface area contributed by atoms with Gasteiger partial charge in [-0.2, -0.15) is 0 Å². The molecule has 0 bridgehead atoms. The third kappa shape index (κ3) is 2.68. The first-order valence-corrected chi connectivity index (χ1v) is 7.37. The van der Waals surface area contributed by atoms with Crippen molar-refractivity contribution in [2.24, 2.45) is 5.73 Å². The van der Waals surface area contributed by atoms with Crippen molar-refractivity contribution in [3.63, 3.8) is 0 Å². The minimum Gasteiger partial charge on any atom is -0.358 e. The van der Waals surface area contributed by atoms with E-state index in [4.69, 9.17) is 5.73 Å². The molecule has 1 aromatic carbocycles. The van der Waals surface area contributed by atoms with Crippen molar-refractivity contribution >= 4 is 20.7 Å². The summed E-state index contributed by atoms with van der Waals surface area (Å²) in [6, 6.07) is 7.73. The van der Waals surface area contributed by atoms with Crippen LogP contribution < -0.4 is 5.73 Å². The van der Waals surface area contributed by atoms with Crippen LogP contribution in [-0.4, -0.2) is 19.2 Å². The molecule has 3 N–H and O–H groups in total. The van der Waals surface area contributed by atoms with Gasteiger partial charge in [0, 0.05) is 23.5 Å². The smallest absolute Gasteiger partial charge is 0.155 e. The Bertz CT molecular complexity index is 629. The summed E-state index contributed by atoms with van der Waals surface area (Å²) in [5, 5.41) is 1.01. The summed E-state index contributed by atoms with van der Waals surface area (Å²) in [7, 11) is -2.99. The van der Waals surface area contributed by atoms with Gasteiger partial charge in [-0.1, -0.05) is 13.0 Å². The van der Waals surface area contributed by atoms with E-state index in [-0.39, 0.29) is 11.5 Å². The Morgan fingerprint density at radius 1 is 1.29 bits per heavy atom. The topological polar surface area (TPSA) is 75.9 Å². The van der Waals surface area contributed by atoms with E-state index < -0.39 is 9.84 Å². The van der Waals surface area contributed by atoms with Crippen molar-refractivity contribution in [2.75, 3.05) is 5.75 Å². The molecular weight excluding hydrogens is 236 g/mol. The zero-order valence-corrected chi connectivity index (χ0v) is 10.5. The highest BCUT2D eigenvalue weighted by atomic mass is 32.2. The maximum absolute atomic E-state index is 11.5. The number of fused-ring (bicyclic) bond motifs is 1. The highest BCUT2D eigenvalue weighted by Crippen LogP contribution is 2.18. The lowest BCUT2D eigenvalue weighted by Gasteiger charge is -1.97. The molecule has 0 unspecified atom stereocenters. The summed E-state index contributed by atoms with van der Waals surface area (Å²) in [6.45, 7) is 2.15. The second-order valence-electron chi connectivity index (χ2n) is 4.10. The van der Waals surface area contributed by atoms with Gasteiger partial charge in [-0.05, 0) is 29.1 Å². The molecule has 17 heavy (non-hydrogen) atoms. The fourth-order valence-corrected chi connectivity index (χ4v) is 2.62. The monoisotopic (exact) mass is 252 g/mol. The Morgan fingerprint density at radius 2 is 2.06 bits per heavy atom. The van der Waals surface area contributed by atoms with Crippen molar-refractivity contribution < 1.29 is 8.42 Å². The first-order valence-electron chi connectivity index (χ1n) is 5.55. The number of hydrogen-bond acceptors (Lipinski definition) is 3. The predicted octanol–water partition coefficient (Wildman–Crippen LogP) is 1.56. The quantitative estimate of drug-likeness (QED) is 0.867. The number of H-pyrrole nitrogens is 1. The molecule has 0 saturated heterocycles. The predicted molar refractivity (Wildman–Crippen MR) is 69.4 cm³/mol. The van der Waals surface area contributed by atoms with Crippen molar-refractivity contribution in [1.82, 2.24) is 4.98 Å². The average Bonchev–Trinajstić information content (AvgIpc) is 2.68. The largest absolute Gasteiger partial charge is 0.358 e. The van der Waals surface area contributed by atoms with Gasteiger partial charge in [0.2, 0.25) is 0 Å². The maximum Gasteiger partial charge on any atom is 0.155 e. The van der Waals surface area contributed by atoms with Crippen LogP contribution in [0.2, 0.25) is 0 Å². The van der Waals surface area contributed by atoms with Gasteiger partial charge < -0.3 is 10.7 Å². The SMILES string of the molecule is CCS(=O)(=O)Cc1cc2cc(CN)ccc2[nH]1. The van der Waals surface area contributed by atoms with Crippen LogP contribution in [0.4, 0.5) is 0 Å². The first kappa shape index (κ1) is 12.1. The van der Waals surface area contributed by atoms with Crippen LogP contribution in [0.3, 0.4) is 0 Å². The highest BCUT2D eigenvalue weighted by Gasteiger charge is 2.11. The van der Waals surface area contributed by atoms with Crippen molar-refractivity contribution in [2.45, 2.75) is 19.2 Å². The Hall–Kier alpha value is -1.33. The number of aromatic nitrogens is 1. The molecule has 0 radical (unpaired) electrons. The van der Waals surface area contributed by atoms with Gasteiger partial charge in [-0.25, -0.2) is 8.42 Å². The lowest BCUT2D eigenvalue weighted by atomic mass is 10.1. The molecule has 1 heterocycles. The number of benzene rings is 1. The number of rotatable bonds is 4. The van der Waals surface area contributed by atoms with Crippen LogP contribution in [0.1, 0.15) is 18.2 Å². The maximum atomic E-state index is 11.5. The Kier molecular flexibility index (Phi) is 3.22. The number of aromatic amines is 1. The van der Waals surface area contributed by atoms with Gasteiger partial charge in [0.1, 0.15) is 0 Å². The molecule has 0 saturated carbocycles. The fourth-order valence-electron chi connectivity index (χ4n) is 1.79. The summed E-state index contributed by atoms with van der Waals surface area (Å²) in [5.74, 6) is 0.229. The number of nitrogens with one attached hydrogen (secondary N) is 1. The zero-order valence-electron chi connectivity index (χ0n) is 9.73. The molecule has 0 fully saturated rings. The van der Waals surface area contributed by atoms with Gasteiger partial charge in [0.15, 0.2) is 9.84 Å². The molecule has 0 amide bonds. The molecule has 0 spiro atoms. The van der Waals surface area contributed by atoms with Gasteiger partial charge in [0.05, 0.1) is 5.75 Å². The van der Waals surface area contributed by atoms with Gasteiger partial charge in [-0.3, -0.25) is 0 Å². The van der Waals surface area contributed by atoms with Gasteiger partial charge in [-0.15, -0.1) is 0 Å². The van der Waals surface area contributed by atoms with Crippen molar-refractivity contribution in [3.8, 4) is 0 Å². The lowest BCUT2D eigenvalue weighted by Crippen LogP contribution is -2.06. The third-order valence-corrected chi connectivity index (χ3v) is 4.42. The highest BCUT2D eigenvalue weighted by molar-refractivity contribution is 7.90. The number of sulfone groups is 1. The normalized spacial score (nSPS) is 12.1. The molecule has 2 aromatic rings. The number of hydrogen-bond donors (Lipinski definition) is 2. The van der Waals surface area contributed by atoms with E-state index >= 15 is 0 Å². The van der Waals surface area contributed by atoms with E-state index in [1.165, 1.54) is 0 Å². The Balaban J connectivity index is 2.38. The van der Waals surface area contributed by atoms with Crippen LogP contribution in [0.25, 0.3) is 10.9 Å². The second-order valence-corrected chi connectivity index (χ2v) is 6.45. The Labute approximate surface area is 101 Å². The van der Waals surface area contributed by atoms with E-state index in [0.29, 0.717) is 6.54 Å². The molecular formula is C12H16N2O2S. The molecule has 5 heteroatoms. The van der Waals surface area contributed by atoms with Crippen LogP contribution >= 0.6 is 0 Å². The van der Waals surface area contributed by atoms with Gasteiger partial charge in [0.25, 0.3) is 0 Å². The van der Waals surface area contributed by atoms with Crippen molar-refractivity contribution in [1.29, 1.82) is 0 Å². The van der Waals surface area contributed by atoms with Gasteiger partial charge >= 0.3 is 0 Å². The minimum absolute atomic E-state index is 0.0656.